The lowest BCUT2D eigenvalue weighted by Crippen LogP contribution is -2.33. The molecule has 9 heteroatoms. The van der Waals surface area contributed by atoms with Gasteiger partial charge in [0.25, 0.3) is 0 Å². The average Bonchev–Trinajstić information content (AvgIpc) is 3.22. The first kappa shape index (κ1) is 55.9. The van der Waals surface area contributed by atoms with Crippen molar-refractivity contribution in [3.05, 3.63) is 12.2 Å². The Balaban J connectivity index is 4.50. The molecule has 1 atom stereocenters. The number of ether oxygens (including phenoxy) is 3. The number of nitrogens with one attached hydrogen (secondary N) is 1. The van der Waals surface area contributed by atoms with Crippen LogP contribution in [0.1, 0.15) is 214 Å². The molecule has 342 valence electrons. The smallest absolute Gasteiger partial charge is 0.407 e. The number of hydrogen-bond donors (Lipinski definition) is 1. The molecule has 0 aliphatic heterocycles. The lowest BCUT2D eigenvalue weighted by atomic mass is 9.94. The Hall–Kier alpha value is -2.13. The molecule has 0 bridgehead atoms. The van der Waals surface area contributed by atoms with E-state index >= 15 is 0 Å². The summed E-state index contributed by atoms with van der Waals surface area (Å²) in [6, 6.07) is 0. The molecule has 0 aliphatic rings. The minimum atomic E-state index is -0.337. The molecule has 58 heavy (non-hydrogen) atoms. The highest BCUT2D eigenvalue weighted by Crippen LogP contribution is 2.21. The minimum absolute atomic E-state index is 0.0401. The summed E-state index contributed by atoms with van der Waals surface area (Å²) in [6.07, 6.45) is 34.7. The predicted molar refractivity (Wildman–Crippen MR) is 244 cm³/mol. The molecule has 0 saturated heterocycles. The van der Waals surface area contributed by atoms with Crippen LogP contribution in [0.15, 0.2) is 12.2 Å². The number of unbranched alkanes of at least 4 members (excludes halogenated alkanes) is 18. The summed E-state index contributed by atoms with van der Waals surface area (Å²) in [5.41, 5.74) is 0. The van der Waals surface area contributed by atoms with E-state index in [1.165, 1.54) is 77.0 Å². The van der Waals surface area contributed by atoms with Gasteiger partial charge in [0.2, 0.25) is 0 Å². The minimum Gasteiger partial charge on any atom is -0.465 e. The van der Waals surface area contributed by atoms with Crippen LogP contribution in [0.2, 0.25) is 0 Å². The first-order chi connectivity index (χ1) is 28.4. The molecular weight excluding hydrogens is 727 g/mol. The summed E-state index contributed by atoms with van der Waals surface area (Å²) in [5, 5.41) is 2.90. The number of rotatable bonds is 44. The highest BCUT2D eigenvalue weighted by Gasteiger charge is 2.19. The van der Waals surface area contributed by atoms with Crippen molar-refractivity contribution in [1.82, 2.24) is 15.1 Å². The molecule has 0 aromatic carbocycles. The molecule has 0 spiro atoms. The van der Waals surface area contributed by atoms with Gasteiger partial charge < -0.3 is 24.4 Å². The fourth-order valence-electron chi connectivity index (χ4n) is 7.33. The number of alkyl carbamates (subject to hydrolysis) is 1. The first-order valence-electron chi connectivity index (χ1n) is 24.7. The standard InChI is InChI=1S/C49H95N3O6/c1-6-11-14-17-20-24-32-43-56-47(53)37-29-26-31-40-52(42-45-58-49(55)50-38-34-41-51(9-4)10-5)39-30-23-19-21-25-33-44-57-48(54)46(35-27-16-13-8-3)36-28-22-18-15-12-7-2/h20,24,46H,6-19,21-23,25-45H2,1-5H3,(H,50,55)/b24-20-. The van der Waals surface area contributed by atoms with Crippen molar-refractivity contribution in [2.24, 2.45) is 5.92 Å². The molecule has 0 aliphatic carbocycles. The van der Waals surface area contributed by atoms with Gasteiger partial charge in [0, 0.05) is 19.5 Å². The van der Waals surface area contributed by atoms with Gasteiger partial charge in [-0.25, -0.2) is 4.79 Å². The number of carbonyl (C=O) groups is 3. The van der Waals surface area contributed by atoms with E-state index in [0.717, 1.165) is 129 Å². The van der Waals surface area contributed by atoms with E-state index in [1.54, 1.807) is 0 Å². The number of esters is 2. The van der Waals surface area contributed by atoms with Crippen LogP contribution in [0.3, 0.4) is 0 Å². The van der Waals surface area contributed by atoms with E-state index in [1.807, 2.05) is 0 Å². The molecule has 0 aromatic rings. The van der Waals surface area contributed by atoms with Gasteiger partial charge in [-0.3, -0.25) is 14.5 Å². The number of amides is 1. The second-order valence-corrected chi connectivity index (χ2v) is 16.5. The van der Waals surface area contributed by atoms with E-state index in [9.17, 15) is 14.4 Å². The van der Waals surface area contributed by atoms with E-state index in [2.05, 4.69) is 61.9 Å². The largest absolute Gasteiger partial charge is 0.465 e. The summed E-state index contributed by atoms with van der Waals surface area (Å²) in [7, 11) is 0. The summed E-state index contributed by atoms with van der Waals surface area (Å²) in [5.74, 6) is 0.0157. The lowest BCUT2D eigenvalue weighted by molar-refractivity contribution is -0.149. The van der Waals surface area contributed by atoms with Gasteiger partial charge in [-0.15, -0.1) is 0 Å². The van der Waals surface area contributed by atoms with Crippen LogP contribution in [0, 0.1) is 5.92 Å². The van der Waals surface area contributed by atoms with E-state index < -0.39 is 0 Å². The monoisotopic (exact) mass is 822 g/mol. The molecule has 0 rings (SSSR count). The fraction of sp³-hybridized carbons (Fsp3) is 0.898. The van der Waals surface area contributed by atoms with Gasteiger partial charge in [0.15, 0.2) is 0 Å². The lowest BCUT2D eigenvalue weighted by Gasteiger charge is -2.22. The van der Waals surface area contributed by atoms with Gasteiger partial charge >= 0.3 is 18.0 Å². The van der Waals surface area contributed by atoms with E-state index in [-0.39, 0.29) is 23.9 Å². The Morgan fingerprint density at radius 1 is 0.483 bits per heavy atom. The van der Waals surface area contributed by atoms with Crippen LogP contribution in [-0.2, 0) is 23.8 Å². The van der Waals surface area contributed by atoms with E-state index in [0.29, 0.717) is 39.3 Å². The van der Waals surface area contributed by atoms with Crippen LogP contribution < -0.4 is 5.32 Å². The maximum atomic E-state index is 13.0. The molecule has 0 fully saturated rings. The van der Waals surface area contributed by atoms with Crippen molar-refractivity contribution >= 4 is 18.0 Å². The zero-order chi connectivity index (χ0) is 42.6. The number of carbonyl (C=O) groups excluding carboxylic acids is 3. The summed E-state index contributed by atoms with van der Waals surface area (Å²) in [6.45, 7) is 18.7. The Morgan fingerprint density at radius 2 is 1.02 bits per heavy atom. The van der Waals surface area contributed by atoms with Crippen LogP contribution >= 0.6 is 0 Å². The molecule has 0 heterocycles. The highest BCUT2D eigenvalue weighted by atomic mass is 16.5. The summed E-state index contributed by atoms with van der Waals surface area (Å²) < 4.78 is 16.8. The van der Waals surface area contributed by atoms with Gasteiger partial charge in [-0.05, 0) is 96.9 Å². The van der Waals surface area contributed by atoms with Crippen molar-refractivity contribution in [3.8, 4) is 0 Å². The van der Waals surface area contributed by atoms with Crippen LogP contribution in [-0.4, -0.2) is 93.5 Å². The Labute approximate surface area is 358 Å². The average molecular weight is 822 g/mol. The number of allylic oxidation sites excluding steroid dienone is 1. The van der Waals surface area contributed by atoms with Crippen molar-refractivity contribution in [2.75, 3.05) is 65.6 Å². The highest BCUT2D eigenvalue weighted by molar-refractivity contribution is 5.72. The molecular formula is C49H95N3O6. The maximum Gasteiger partial charge on any atom is 0.407 e. The SMILES string of the molecule is CCCCC/C=C\CCOC(=O)CCCCCN(CCCCCCCCOC(=O)C(CCCCCC)CCCCCCCC)CCOC(=O)NCCCN(CC)CC. The summed E-state index contributed by atoms with van der Waals surface area (Å²) >= 11 is 0. The van der Waals surface area contributed by atoms with Crippen molar-refractivity contribution in [2.45, 2.75) is 214 Å². The topological polar surface area (TPSA) is 97.4 Å². The molecule has 9 nitrogen and oxygen atoms in total. The Bertz CT molecular complexity index is 943. The predicted octanol–water partition coefficient (Wildman–Crippen LogP) is 12.6. The second kappa shape index (κ2) is 44.4. The zero-order valence-electron chi connectivity index (χ0n) is 38.9. The second-order valence-electron chi connectivity index (χ2n) is 16.5. The number of nitrogens with zero attached hydrogens (tertiary/aromatic N) is 2. The van der Waals surface area contributed by atoms with Gasteiger partial charge in [0.05, 0.1) is 19.1 Å². The number of hydrogen-bond acceptors (Lipinski definition) is 8. The zero-order valence-corrected chi connectivity index (χ0v) is 38.9. The Morgan fingerprint density at radius 3 is 1.67 bits per heavy atom. The van der Waals surface area contributed by atoms with Gasteiger partial charge in [-0.1, -0.05) is 156 Å². The van der Waals surface area contributed by atoms with Crippen LogP contribution in [0.5, 0.6) is 0 Å². The van der Waals surface area contributed by atoms with Crippen molar-refractivity contribution in [1.29, 1.82) is 0 Å². The molecule has 0 saturated carbocycles. The van der Waals surface area contributed by atoms with Crippen LogP contribution in [0.25, 0.3) is 0 Å². The van der Waals surface area contributed by atoms with Crippen LogP contribution in [0.4, 0.5) is 4.79 Å². The molecule has 0 aromatic heterocycles. The molecule has 1 N–H and O–H groups in total. The van der Waals surface area contributed by atoms with Crippen molar-refractivity contribution in [3.63, 3.8) is 0 Å². The molecule has 0 radical (unpaired) electrons. The third kappa shape index (κ3) is 38.1. The maximum absolute atomic E-state index is 13.0. The first-order valence-corrected chi connectivity index (χ1v) is 24.7. The molecule has 1 amide bonds. The third-order valence-corrected chi connectivity index (χ3v) is 11.3. The normalized spacial score (nSPS) is 12.1. The van der Waals surface area contributed by atoms with Crippen molar-refractivity contribution < 1.29 is 28.6 Å². The molecule has 1 unspecified atom stereocenters. The van der Waals surface area contributed by atoms with Gasteiger partial charge in [0.1, 0.15) is 6.61 Å². The van der Waals surface area contributed by atoms with Gasteiger partial charge in [-0.2, -0.15) is 0 Å². The fourth-order valence-corrected chi connectivity index (χ4v) is 7.33. The summed E-state index contributed by atoms with van der Waals surface area (Å²) in [4.78, 5) is 42.3. The third-order valence-electron chi connectivity index (χ3n) is 11.3. The Kier molecular flexibility index (Phi) is 42.8. The quantitative estimate of drug-likeness (QED) is 0.0281. The van der Waals surface area contributed by atoms with E-state index in [4.69, 9.17) is 14.2 Å².